The Balaban J connectivity index is 2.40. The molecule has 0 aliphatic carbocycles. The van der Waals surface area contributed by atoms with Gasteiger partial charge < -0.3 is 14.8 Å². The van der Waals surface area contributed by atoms with Gasteiger partial charge in [0.05, 0.1) is 19.4 Å². The van der Waals surface area contributed by atoms with Crippen molar-refractivity contribution in [3.63, 3.8) is 0 Å². The molecule has 0 amide bonds. The second kappa shape index (κ2) is 8.34. The summed E-state index contributed by atoms with van der Waals surface area (Å²) in [6.07, 6.45) is 0. The molecule has 6 heteroatoms. The highest BCUT2D eigenvalue weighted by Gasteiger charge is 2.01. The van der Waals surface area contributed by atoms with Crippen LogP contribution in [0.5, 0.6) is 5.75 Å². The van der Waals surface area contributed by atoms with E-state index in [9.17, 15) is 0 Å². The van der Waals surface area contributed by atoms with Gasteiger partial charge in [-0.2, -0.15) is 0 Å². The van der Waals surface area contributed by atoms with Gasteiger partial charge in [0.1, 0.15) is 5.75 Å². The molecule has 3 N–H and O–H groups in total. The summed E-state index contributed by atoms with van der Waals surface area (Å²) in [6.45, 7) is 5.17. The lowest BCUT2D eigenvalue weighted by atomic mass is 10.2. The third-order valence-corrected chi connectivity index (χ3v) is 2.58. The minimum atomic E-state index is 0.487. The van der Waals surface area contributed by atoms with Crippen LogP contribution in [-0.2, 0) is 4.74 Å². The molecule has 0 fully saturated rings. The van der Waals surface area contributed by atoms with Gasteiger partial charge >= 0.3 is 0 Å². The van der Waals surface area contributed by atoms with Gasteiger partial charge in [0.2, 0.25) is 0 Å². The van der Waals surface area contributed by atoms with Crippen molar-refractivity contribution in [2.24, 2.45) is 0 Å². The molecule has 0 aliphatic rings. The summed E-state index contributed by atoms with van der Waals surface area (Å²) in [7, 11) is 3.27. The molecule has 0 heterocycles. The molecule has 0 unspecified atom stereocenters. The van der Waals surface area contributed by atoms with Crippen LogP contribution in [0.25, 0.3) is 5.70 Å². The quantitative estimate of drug-likeness (QED) is 0.398. The number of hydrazine groups is 1. The van der Waals surface area contributed by atoms with Crippen LogP contribution in [0, 0.1) is 0 Å². The van der Waals surface area contributed by atoms with Crippen molar-refractivity contribution < 1.29 is 9.47 Å². The van der Waals surface area contributed by atoms with Crippen molar-refractivity contribution >= 4 is 23.0 Å². The van der Waals surface area contributed by atoms with Gasteiger partial charge in [0, 0.05) is 19.2 Å². The molecule has 104 valence electrons. The Labute approximate surface area is 119 Å². The van der Waals surface area contributed by atoms with Crippen LogP contribution in [0.1, 0.15) is 5.56 Å². The average molecular weight is 281 g/mol. The SMILES string of the molecule is C=C(NNC(=S)NCCOC)c1cccc(OC)c1. The first-order valence-electron chi connectivity index (χ1n) is 5.79. The maximum atomic E-state index is 5.15. The van der Waals surface area contributed by atoms with Gasteiger partial charge in [-0.25, -0.2) is 0 Å². The predicted octanol–water partition coefficient (Wildman–Crippen LogP) is 1.28. The van der Waals surface area contributed by atoms with Crippen LogP contribution >= 0.6 is 12.2 Å². The van der Waals surface area contributed by atoms with Crippen LogP contribution in [0.2, 0.25) is 0 Å². The van der Waals surface area contributed by atoms with E-state index in [2.05, 4.69) is 22.7 Å². The fourth-order valence-electron chi connectivity index (χ4n) is 1.33. The Hall–Kier alpha value is -1.79. The summed E-state index contributed by atoms with van der Waals surface area (Å²) in [6, 6.07) is 7.59. The van der Waals surface area contributed by atoms with Gasteiger partial charge in [0.15, 0.2) is 5.11 Å². The molecule has 0 aromatic heterocycles. The molecular weight excluding hydrogens is 262 g/mol. The normalized spacial score (nSPS) is 9.58. The molecule has 0 saturated heterocycles. The number of rotatable bonds is 7. The lowest BCUT2D eigenvalue weighted by Gasteiger charge is -2.14. The number of hydrogen-bond donors (Lipinski definition) is 3. The summed E-state index contributed by atoms with van der Waals surface area (Å²) in [4.78, 5) is 0. The van der Waals surface area contributed by atoms with Crippen molar-refractivity contribution in [2.45, 2.75) is 0 Å². The topological polar surface area (TPSA) is 54.5 Å². The van der Waals surface area contributed by atoms with E-state index in [0.717, 1.165) is 11.3 Å². The molecule has 1 aromatic carbocycles. The first-order chi connectivity index (χ1) is 9.17. The van der Waals surface area contributed by atoms with Gasteiger partial charge in [-0.3, -0.25) is 10.9 Å². The van der Waals surface area contributed by atoms with Crippen LogP contribution < -0.4 is 20.9 Å². The zero-order valence-corrected chi connectivity index (χ0v) is 12.0. The molecule has 1 aromatic rings. The van der Waals surface area contributed by atoms with E-state index in [0.29, 0.717) is 24.0 Å². The number of nitrogens with one attached hydrogen (secondary N) is 3. The van der Waals surface area contributed by atoms with E-state index in [4.69, 9.17) is 21.7 Å². The van der Waals surface area contributed by atoms with E-state index in [1.54, 1.807) is 14.2 Å². The fraction of sp³-hybridized carbons (Fsp3) is 0.308. The third-order valence-electron chi connectivity index (χ3n) is 2.34. The van der Waals surface area contributed by atoms with Gasteiger partial charge in [0.25, 0.3) is 0 Å². The Bertz CT molecular complexity index is 438. The number of hydrogen-bond acceptors (Lipinski definition) is 4. The standard InChI is InChI=1S/C13H19N3O2S/c1-10(11-5-4-6-12(9-11)18-3)15-16-13(19)14-7-8-17-2/h4-6,9,15H,1,7-8H2,2-3H3,(H2,14,16,19). The largest absolute Gasteiger partial charge is 0.497 e. The molecule has 0 radical (unpaired) electrons. The minimum Gasteiger partial charge on any atom is -0.497 e. The highest BCUT2D eigenvalue weighted by molar-refractivity contribution is 7.80. The second-order valence-corrected chi connectivity index (χ2v) is 4.12. The summed E-state index contributed by atoms with van der Waals surface area (Å²) in [5.74, 6) is 0.779. The van der Waals surface area contributed by atoms with Crippen LogP contribution in [0.15, 0.2) is 30.8 Å². The maximum absolute atomic E-state index is 5.15. The van der Waals surface area contributed by atoms with E-state index in [-0.39, 0.29) is 0 Å². The number of methoxy groups -OCH3 is 2. The molecule has 0 bridgehead atoms. The molecule has 0 spiro atoms. The van der Waals surface area contributed by atoms with Crippen molar-refractivity contribution in [1.29, 1.82) is 0 Å². The van der Waals surface area contributed by atoms with Crippen molar-refractivity contribution in [3.05, 3.63) is 36.4 Å². The summed E-state index contributed by atoms with van der Waals surface area (Å²) >= 11 is 5.08. The van der Waals surface area contributed by atoms with Crippen LogP contribution in [-0.4, -0.2) is 32.5 Å². The van der Waals surface area contributed by atoms with Crippen LogP contribution in [0.4, 0.5) is 0 Å². The first kappa shape index (κ1) is 15.3. The van der Waals surface area contributed by atoms with Gasteiger partial charge in [-0.15, -0.1) is 0 Å². The van der Waals surface area contributed by atoms with Gasteiger partial charge in [-0.1, -0.05) is 18.7 Å². The maximum Gasteiger partial charge on any atom is 0.185 e. The summed E-state index contributed by atoms with van der Waals surface area (Å²) < 4.78 is 10.1. The Morgan fingerprint density at radius 1 is 1.32 bits per heavy atom. The van der Waals surface area contributed by atoms with E-state index in [1.165, 1.54) is 0 Å². The lowest BCUT2D eigenvalue weighted by Crippen LogP contribution is -2.43. The highest BCUT2D eigenvalue weighted by Crippen LogP contribution is 2.16. The smallest absolute Gasteiger partial charge is 0.185 e. The minimum absolute atomic E-state index is 0.487. The monoisotopic (exact) mass is 281 g/mol. The molecule has 0 aliphatic heterocycles. The molecule has 1 rings (SSSR count). The molecule has 0 atom stereocenters. The average Bonchev–Trinajstić information content (AvgIpc) is 2.45. The lowest BCUT2D eigenvalue weighted by molar-refractivity contribution is 0.204. The van der Waals surface area contributed by atoms with E-state index >= 15 is 0 Å². The van der Waals surface area contributed by atoms with Crippen molar-refractivity contribution in [3.8, 4) is 5.75 Å². The summed E-state index contributed by atoms with van der Waals surface area (Å²) in [5, 5.41) is 3.47. The Kier molecular flexibility index (Phi) is 6.70. The zero-order valence-electron chi connectivity index (χ0n) is 11.2. The molecule has 19 heavy (non-hydrogen) atoms. The first-order valence-corrected chi connectivity index (χ1v) is 6.20. The Morgan fingerprint density at radius 2 is 2.11 bits per heavy atom. The molecule has 0 saturated carbocycles. The number of benzene rings is 1. The molecular formula is C13H19N3O2S. The van der Waals surface area contributed by atoms with Crippen molar-refractivity contribution in [2.75, 3.05) is 27.4 Å². The zero-order chi connectivity index (χ0) is 14.1. The number of ether oxygens (including phenoxy) is 2. The van der Waals surface area contributed by atoms with Crippen molar-refractivity contribution in [1.82, 2.24) is 16.2 Å². The predicted molar refractivity (Wildman–Crippen MR) is 80.8 cm³/mol. The summed E-state index contributed by atoms with van der Waals surface area (Å²) in [5.41, 5.74) is 7.41. The fourth-order valence-corrected chi connectivity index (χ4v) is 1.48. The van der Waals surface area contributed by atoms with E-state index < -0.39 is 0 Å². The van der Waals surface area contributed by atoms with Gasteiger partial charge in [-0.05, 0) is 24.4 Å². The second-order valence-electron chi connectivity index (χ2n) is 3.71. The van der Waals surface area contributed by atoms with E-state index in [1.807, 2.05) is 24.3 Å². The molecule has 5 nitrogen and oxygen atoms in total. The van der Waals surface area contributed by atoms with Crippen LogP contribution in [0.3, 0.4) is 0 Å². The third kappa shape index (κ3) is 5.58. The highest BCUT2D eigenvalue weighted by atomic mass is 32.1. The Morgan fingerprint density at radius 3 is 2.79 bits per heavy atom. The number of thiocarbonyl (C=S) groups is 1.